The summed E-state index contributed by atoms with van der Waals surface area (Å²) in [6.07, 6.45) is -0.753. The van der Waals surface area contributed by atoms with Crippen LogP contribution in [0.15, 0.2) is 84.9 Å². The predicted molar refractivity (Wildman–Crippen MR) is 168 cm³/mol. The molecular formula is C35H35N3O5. The quantitative estimate of drug-likeness (QED) is 0.276. The third-order valence-corrected chi connectivity index (χ3v) is 7.46. The van der Waals surface area contributed by atoms with Crippen LogP contribution in [0, 0.1) is 6.92 Å². The van der Waals surface area contributed by atoms with Crippen LogP contribution in [-0.4, -0.2) is 41.9 Å². The molecule has 0 unspecified atom stereocenters. The van der Waals surface area contributed by atoms with E-state index in [-0.39, 0.29) is 30.7 Å². The minimum Gasteiger partial charge on any atom is -0.444 e. The van der Waals surface area contributed by atoms with Gasteiger partial charge in [0.1, 0.15) is 11.6 Å². The monoisotopic (exact) mass is 577 g/mol. The summed E-state index contributed by atoms with van der Waals surface area (Å²) < 4.78 is 5.50. The van der Waals surface area contributed by atoms with Gasteiger partial charge in [0.15, 0.2) is 5.78 Å². The van der Waals surface area contributed by atoms with Crippen LogP contribution < -0.4 is 15.1 Å². The summed E-state index contributed by atoms with van der Waals surface area (Å²) in [7, 11) is 0. The first kappa shape index (κ1) is 29.5. The van der Waals surface area contributed by atoms with E-state index in [2.05, 4.69) is 11.4 Å². The van der Waals surface area contributed by atoms with Crippen LogP contribution in [0.1, 0.15) is 59.5 Å². The van der Waals surface area contributed by atoms with E-state index in [0.717, 1.165) is 21.9 Å². The van der Waals surface area contributed by atoms with Crippen molar-refractivity contribution in [2.45, 2.75) is 52.8 Å². The third kappa shape index (κ3) is 6.28. The molecule has 43 heavy (non-hydrogen) atoms. The highest BCUT2D eigenvalue weighted by molar-refractivity contribution is 6.13. The molecule has 0 radical (unpaired) electrons. The normalized spacial score (nSPS) is 15.1. The van der Waals surface area contributed by atoms with Crippen molar-refractivity contribution >= 4 is 45.8 Å². The van der Waals surface area contributed by atoms with Crippen molar-refractivity contribution in [2.75, 3.05) is 16.3 Å². The summed E-state index contributed by atoms with van der Waals surface area (Å²) >= 11 is 0. The number of carbonyl (C=O) groups excluding carboxylic acids is 4. The third-order valence-electron chi connectivity index (χ3n) is 7.46. The second-order valence-electron chi connectivity index (χ2n) is 11.7. The molecule has 0 aromatic heterocycles. The number of benzene rings is 4. The number of Topliss-reactive ketones (excluding diaryl/α,β-unsaturated/α-hetero) is 1. The van der Waals surface area contributed by atoms with Crippen LogP contribution in [0.5, 0.6) is 0 Å². The molecule has 0 aliphatic carbocycles. The molecule has 220 valence electrons. The van der Waals surface area contributed by atoms with Crippen LogP contribution in [0.4, 0.5) is 16.2 Å². The summed E-state index contributed by atoms with van der Waals surface area (Å²) in [6.45, 7) is 8.81. The van der Waals surface area contributed by atoms with E-state index in [1.165, 1.54) is 11.8 Å². The van der Waals surface area contributed by atoms with Gasteiger partial charge < -0.3 is 19.9 Å². The molecule has 4 aromatic rings. The Morgan fingerprint density at radius 2 is 1.49 bits per heavy atom. The van der Waals surface area contributed by atoms with Gasteiger partial charge in [-0.3, -0.25) is 14.4 Å². The van der Waals surface area contributed by atoms with Crippen LogP contribution in [-0.2, 0) is 16.1 Å². The van der Waals surface area contributed by atoms with Gasteiger partial charge in [-0.15, -0.1) is 0 Å². The Labute approximate surface area is 251 Å². The van der Waals surface area contributed by atoms with Crippen molar-refractivity contribution < 1.29 is 23.9 Å². The Kier molecular flexibility index (Phi) is 8.04. The molecule has 8 nitrogen and oxygen atoms in total. The molecule has 5 rings (SSSR count). The lowest BCUT2D eigenvalue weighted by molar-refractivity contribution is -0.120. The number of nitrogens with one attached hydrogen (secondary N) is 1. The van der Waals surface area contributed by atoms with E-state index in [0.29, 0.717) is 22.5 Å². The van der Waals surface area contributed by atoms with Crippen molar-refractivity contribution in [1.82, 2.24) is 5.32 Å². The lowest BCUT2D eigenvalue weighted by atomic mass is 9.99. The molecule has 1 N–H and O–H groups in total. The van der Waals surface area contributed by atoms with E-state index in [4.69, 9.17) is 4.74 Å². The number of amides is 3. The average molecular weight is 578 g/mol. The number of rotatable bonds is 5. The number of nitrogens with zero attached hydrogens (tertiary/aromatic N) is 2. The van der Waals surface area contributed by atoms with E-state index in [1.807, 2.05) is 55.5 Å². The van der Waals surface area contributed by atoms with Gasteiger partial charge in [-0.2, -0.15) is 0 Å². The predicted octanol–water partition coefficient (Wildman–Crippen LogP) is 6.44. The molecule has 4 aromatic carbocycles. The lowest BCUT2D eigenvalue weighted by Crippen LogP contribution is -2.53. The van der Waals surface area contributed by atoms with E-state index in [1.54, 1.807) is 56.0 Å². The van der Waals surface area contributed by atoms with Gasteiger partial charge in [0, 0.05) is 11.1 Å². The fraction of sp³-hybridized carbons (Fsp3) is 0.257. The summed E-state index contributed by atoms with van der Waals surface area (Å²) in [6, 6.07) is 24.6. The first-order chi connectivity index (χ1) is 20.4. The Morgan fingerprint density at radius 3 is 2.16 bits per heavy atom. The molecular weight excluding hydrogens is 542 g/mol. The molecule has 1 heterocycles. The maximum atomic E-state index is 14.4. The number of ether oxygens (including phenoxy) is 1. The first-order valence-corrected chi connectivity index (χ1v) is 14.2. The Hall–Kier alpha value is -4.98. The van der Waals surface area contributed by atoms with E-state index < -0.39 is 17.7 Å². The van der Waals surface area contributed by atoms with Gasteiger partial charge in [-0.1, -0.05) is 60.7 Å². The van der Waals surface area contributed by atoms with Crippen LogP contribution in [0.2, 0.25) is 0 Å². The fourth-order valence-corrected chi connectivity index (χ4v) is 5.32. The van der Waals surface area contributed by atoms with Gasteiger partial charge in [-0.05, 0) is 80.8 Å². The highest BCUT2D eigenvalue weighted by atomic mass is 16.6. The maximum absolute atomic E-state index is 14.4. The zero-order chi connectivity index (χ0) is 30.9. The second kappa shape index (κ2) is 11.7. The Balaban J connectivity index is 1.61. The van der Waals surface area contributed by atoms with Crippen molar-refractivity contribution in [2.24, 2.45) is 0 Å². The Morgan fingerprint density at radius 1 is 0.860 bits per heavy atom. The molecule has 0 bridgehead atoms. The molecule has 1 aliphatic heterocycles. The van der Waals surface area contributed by atoms with Gasteiger partial charge >= 0.3 is 6.09 Å². The summed E-state index contributed by atoms with van der Waals surface area (Å²) in [5, 5.41) is 4.81. The second-order valence-corrected chi connectivity index (χ2v) is 11.7. The molecule has 1 atom stereocenters. The van der Waals surface area contributed by atoms with Crippen LogP contribution in [0.3, 0.4) is 0 Å². The van der Waals surface area contributed by atoms with Gasteiger partial charge in [-0.25, -0.2) is 4.79 Å². The topological polar surface area (TPSA) is 96.0 Å². The summed E-state index contributed by atoms with van der Waals surface area (Å²) in [4.78, 5) is 56.3. The lowest BCUT2D eigenvalue weighted by Gasteiger charge is -2.27. The van der Waals surface area contributed by atoms with Crippen LogP contribution in [0.25, 0.3) is 10.8 Å². The van der Waals surface area contributed by atoms with Crippen molar-refractivity contribution in [1.29, 1.82) is 0 Å². The number of alkyl carbamates (subject to hydrolysis) is 1. The van der Waals surface area contributed by atoms with Crippen molar-refractivity contribution in [3.05, 3.63) is 107 Å². The number of aryl methyl sites for hydroxylation is 1. The fourth-order valence-electron chi connectivity index (χ4n) is 5.32. The van der Waals surface area contributed by atoms with E-state index >= 15 is 0 Å². The van der Waals surface area contributed by atoms with Gasteiger partial charge in [0.25, 0.3) is 11.8 Å². The number of carbonyl (C=O) groups is 4. The molecule has 1 aliphatic rings. The number of anilines is 2. The number of ketones is 1. The SMILES string of the molecule is CC(=O)c1ccc(C(=O)N2C[C@H](NC(=O)OC(C)(C)C)C(=O)N(Cc3c(C)ccc4ccccc34)c3ccccc32)cc1. The zero-order valence-electron chi connectivity index (χ0n) is 25.0. The standard InChI is InChI=1S/C35H35N3O5/c1-22-14-15-25-10-6-7-11-27(25)28(22)20-37-30-12-8-9-13-31(30)38(32(40)26-18-16-24(17-19-26)23(2)39)21-29(33(37)41)36-34(42)43-35(3,4)5/h6-19,29H,20-21H2,1-5H3,(H,36,42)/t29-/m0/s1. The maximum Gasteiger partial charge on any atom is 0.408 e. The smallest absolute Gasteiger partial charge is 0.408 e. The highest BCUT2D eigenvalue weighted by Gasteiger charge is 2.38. The number of hydrogen-bond acceptors (Lipinski definition) is 5. The number of para-hydroxylation sites is 2. The zero-order valence-corrected chi connectivity index (χ0v) is 25.0. The Bertz CT molecular complexity index is 1720. The highest BCUT2D eigenvalue weighted by Crippen LogP contribution is 2.36. The first-order valence-electron chi connectivity index (χ1n) is 14.2. The average Bonchev–Trinajstić information content (AvgIpc) is 3.08. The summed E-state index contributed by atoms with van der Waals surface area (Å²) in [5.74, 6) is -0.840. The molecule has 0 saturated carbocycles. The molecule has 8 heteroatoms. The van der Waals surface area contributed by atoms with Gasteiger partial charge in [0.05, 0.1) is 24.5 Å². The van der Waals surface area contributed by atoms with Crippen molar-refractivity contribution in [3.63, 3.8) is 0 Å². The number of hydrogen-bond donors (Lipinski definition) is 1. The van der Waals surface area contributed by atoms with Crippen LogP contribution >= 0.6 is 0 Å². The molecule has 0 saturated heterocycles. The van der Waals surface area contributed by atoms with Crippen molar-refractivity contribution in [3.8, 4) is 0 Å². The number of fused-ring (bicyclic) bond motifs is 2. The largest absolute Gasteiger partial charge is 0.444 e. The molecule has 0 fully saturated rings. The van der Waals surface area contributed by atoms with E-state index in [9.17, 15) is 19.2 Å². The minimum absolute atomic E-state index is 0.106. The van der Waals surface area contributed by atoms with Gasteiger partial charge in [0.2, 0.25) is 0 Å². The summed E-state index contributed by atoms with van der Waals surface area (Å²) in [5.41, 5.74) is 3.12. The minimum atomic E-state index is -1.10. The molecule has 0 spiro atoms. The molecule has 3 amide bonds.